The molecule has 1 heterocycles. The van der Waals surface area contributed by atoms with Crippen LogP contribution in [0.3, 0.4) is 0 Å². The van der Waals surface area contributed by atoms with E-state index in [1.807, 2.05) is 6.92 Å². The lowest BCUT2D eigenvalue weighted by Gasteiger charge is -2.02. The van der Waals surface area contributed by atoms with E-state index in [-0.39, 0.29) is 5.56 Å². The van der Waals surface area contributed by atoms with Crippen LogP contribution in [0.5, 0.6) is 0 Å². The Balaban J connectivity index is 2.21. The van der Waals surface area contributed by atoms with Gasteiger partial charge in [0.05, 0.1) is 4.92 Å². The molecule has 0 aliphatic rings. The molecule has 2 N–H and O–H groups in total. The minimum Gasteiger partial charge on any atom is -0.305 e. The van der Waals surface area contributed by atoms with Gasteiger partial charge >= 0.3 is 5.69 Å². The predicted molar refractivity (Wildman–Crippen MR) is 69.0 cm³/mol. The second-order valence-corrected chi connectivity index (χ2v) is 4.01. The number of nitrogens with zero attached hydrogens (tertiary/aromatic N) is 2. The van der Waals surface area contributed by atoms with Crippen LogP contribution in [-0.2, 0) is 6.42 Å². The lowest BCUT2D eigenvalue weighted by atomic mass is 10.2. The Labute approximate surface area is 113 Å². The van der Waals surface area contributed by atoms with Crippen molar-refractivity contribution in [2.75, 3.05) is 5.32 Å². The minimum absolute atomic E-state index is 0.0147. The van der Waals surface area contributed by atoms with Gasteiger partial charge in [-0.3, -0.25) is 20.0 Å². The Kier molecular flexibility index (Phi) is 3.74. The summed E-state index contributed by atoms with van der Waals surface area (Å²) in [4.78, 5) is 21.6. The number of nitrogens with one attached hydrogen (secondary N) is 2. The molecular weight excluding hydrogens is 267 g/mol. The molecule has 0 fully saturated rings. The van der Waals surface area contributed by atoms with Crippen molar-refractivity contribution in [3.8, 4) is 0 Å². The average molecular weight is 278 g/mol. The van der Waals surface area contributed by atoms with Crippen LogP contribution in [0, 0.1) is 15.9 Å². The van der Waals surface area contributed by atoms with Gasteiger partial charge in [-0.25, -0.2) is 0 Å². The van der Waals surface area contributed by atoms with Crippen molar-refractivity contribution in [3.05, 3.63) is 51.5 Å². The number of halogens is 1. The summed E-state index contributed by atoms with van der Waals surface area (Å²) in [5.74, 6) is -1.28. The zero-order valence-corrected chi connectivity index (χ0v) is 10.5. The van der Waals surface area contributed by atoms with E-state index in [4.69, 9.17) is 0 Å². The number of aromatic amines is 1. The van der Waals surface area contributed by atoms with Crippen LogP contribution < -0.4 is 5.32 Å². The first-order chi connectivity index (χ1) is 9.51. The Bertz CT molecular complexity index is 668. The molecule has 0 bridgehead atoms. The molecule has 2 aromatic rings. The molecule has 0 atom stereocenters. The first-order valence-corrected chi connectivity index (χ1v) is 5.81. The van der Waals surface area contributed by atoms with Gasteiger partial charge in [-0.15, -0.1) is 0 Å². The van der Waals surface area contributed by atoms with Crippen LogP contribution >= 0.6 is 0 Å². The number of aromatic nitrogens is 2. The number of carbonyl (C=O) groups is 1. The van der Waals surface area contributed by atoms with Crippen molar-refractivity contribution in [2.24, 2.45) is 0 Å². The molecule has 8 heteroatoms. The second kappa shape index (κ2) is 5.47. The van der Waals surface area contributed by atoms with E-state index in [1.165, 1.54) is 6.07 Å². The third kappa shape index (κ3) is 2.79. The summed E-state index contributed by atoms with van der Waals surface area (Å²) in [7, 11) is 0. The van der Waals surface area contributed by atoms with Gasteiger partial charge < -0.3 is 5.32 Å². The Morgan fingerprint density at radius 1 is 1.50 bits per heavy atom. The fourth-order valence-electron chi connectivity index (χ4n) is 1.59. The van der Waals surface area contributed by atoms with Crippen molar-refractivity contribution in [1.29, 1.82) is 0 Å². The van der Waals surface area contributed by atoms with Crippen LogP contribution in [0.2, 0.25) is 0 Å². The average Bonchev–Trinajstić information content (AvgIpc) is 2.86. The molecule has 0 unspecified atom stereocenters. The van der Waals surface area contributed by atoms with Crippen molar-refractivity contribution >= 4 is 17.4 Å². The highest BCUT2D eigenvalue weighted by atomic mass is 19.1. The highest BCUT2D eigenvalue weighted by Gasteiger charge is 2.18. The Hall–Kier alpha value is -2.77. The fourth-order valence-corrected chi connectivity index (χ4v) is 1.59. The lowest BCUT2D eigenvalue weighted by molar-refractivity contribution is -0.387. The molecule has 2 rings (SSSR count). The van der Waals surface area contributed by atoms with Crippen LogP contribution in [-0.4, -0.2) is 21.0 Å². The number of amides is 1. The normalized spacial score (nSPS) is 10.3. The summed E-state index contributed by atoms with van der Waals surface area (Å²) < 4.78 is 13.2. The topological polar surface area (TPSA) is 101 Å². The monoisotopic (exact) mass is 278 g/mol. The predicted octanol–water partition coefficient (Wildman–Crippen LogP) is 2.27. The van der Waals surface area contributed by atoms with Crippen molar-refractivity contribution in [1.82, 2.24) is 10.2 Å². The van der Waals surface area contributed by atoms with Gasteiger partial charge in [-0.05, 0) is 18.6 Å². The van der Waals surface area contributed by atoms with E-state index in [0.29, 0.717) is 5.82 Å². The SMILES string of the molecule is CCc1cc(NC(=O)c2ccc(F)c([N+](=O)[O-])c2)n[nH]1. The van der Waals surface area contributed by atoms with Crippen LogP contribution in [0.4, 0.5) is 15.9 Å². The zero-order valence-electron chi connectivity index (χ0n) is 10.5. The molecular formula is C12H11FN4O3. The van der Waals surface area contributed by atoms with Crippen LogP contribution in [0.25, 0.3) is 0 Å². The van der Waals surface area contributed by atoms with E-state index in [0.717, 1.165) is 24.2 Å². The number of rotatable bonds is 4. The third-order valence-electron chi connectivity index (χ3n) is 2.66. The summed E-state index contributed by atoms with van der Waals surface area (Å²) in [6.07, 6.45) is 0.727. The molecule has 0 aliphatic heterocycles. The van der Waals surface area contributed by atoms with E-state index < -0.39 is 22.3 Å². The van der Waals surface area contributed by atoms with E-state index in [1.54, 1.807) is 6.07 Å². The van der Waals surface area contributed by atoms with Gasteiger partial charge in [0, 0.05) is 23.4 Å². The molecule has 1 amide bonds. The number of hydrogen-bond acceptors (Lipinski definition) is 4. The number of carbonyl (C=O) groups excluding carboxylic acids is 1. The standard InChI is InChI=1S/C12H11FN4O3/c1-2-8-6-11(16-15-8)14-12(18)7-3-4-9(13)10(5-7)17(19)20/h3-6H,2H2,1H3,(H2,14,15,16,18). The van der Waals surface area contributed by atoms with Crippen LogP contribution in [0.1, 0.15) is 23.0 Å². The maximum Gasteiger partial charge on any atom is 0.305 e. The maximum absolute atomic E-state index is 13.2. The molecule has 20 heavy (non-hydrogen) atoms. The third-order valence-corrected chi connectivity index (χ3v) is 2.66. The highest BCUT2D eigenvalue weighted by Crippen LogP contribution is 2.19. The van der Waals surface area contributed by atoms with Crippen molar-refractivity contribution < 1.29 is 14.1 Å². The van der Waals surface area contributed by atoms with Gasteiger partial charge in [0.1, 0.15) is 0 Å². The molecule has 7 nitrogen and oxygen atoms in total. The van der Waals surface area contributed by atoms with Crippen LogP contribution in [0.15, 0.2) is 24.3 Å². The minimum atomic E-state index is -0.986. The molecule has 0 spiro atoms. The largest absolute Gasteiger partial charge is 0.305 e. The quantitative estimate of drug-likeness (QED) is 0.661. The second-order valence-electron chi connectivity index (χ2n) is 4.01. The number of aryl methyl sites for hydroxylation is 1. The number of nitro groups is 1. The lowest BCUT2D eigenvalue weighted by Crippen LogP contribution is -2.12. The Morgan fingerprint density at radius 3 is 2.85 bits per heavy atom. The smallest absolute Gasteiger partial charge is 0.305 e. The maximum atomic E-state index is 13.2. The van der Waals surface area contributed by atoms with E-state index in [2.05, 4.69) is 15.5 Å². The number of anilines is 1. The van der Waals surface area contributed by atoms with E-state index in [9.17, 15) is 19.3 Å². The number of H-pyrrole nitrogens is 1. The van der Waals surface area contributed by atoms with Gasteiger partial charge in [0.2, 0.25) is 5.82 Å². The first-order valence-electron chi connectivity index (χ1n) is 5.81. The molecule has 104 valence electrons. The van der Waals surface area contributed by atoms with Gasteiger partial charge in [0.15, 0.2) is 5.82 Å². The van der Waals surface area contributed by atoms with Gasteiger partial charge in [-0.1, -0.05) is 6.92 Å². The highest BCUT2D eigenvalue weighted by molar-refractivity contribution is 6.04. The number of hydrogen-bond donors (Lipinski definition) is 2. The fraction of sp³-hybridized carbons (Fsp3) is 0.167. The first kappa shape index (κ1) is 13.7. The Morgan fingerprint density at radius 2 is 2.25 bits per heavy atom. The van der Waals surface area contributed by atoms with Gasteiger partial charge in [0.25, 0.3) is 5.91 Å². The molecule has 0 aliphatic carbocycles. The molecule has 0 saturated carbocycles. The summed E-state index contributed by atoms with van der Waals surface area (Å²) in [6.45, 7) is 1.92. The molecule has 1 aromatic heterocycles. The van der Waals surface area contributed by atoms with Crippen molar-refractivity contribution in [2.45, 2.75) is 13.3 Å². The summed E-state index contributed by atoms with van der Waals surface area (Å²) in [6, 6.07) is 4.59. The van der Waals surface area contributed by atoms with Crippen molar-refractivity contribution in [3.63, 3.8) is 0 Å². The number of benzene rings is 1. The summed E-state index contributed by atoms with van der Waals surface area (Å²) in [5.41, 5.74) is 0.0819. The molecule has 0 radical (unpaired) electrons. The number of nitro benzene ring substituents is 1. The molecule has 1 aromatic carbocycles. The summed E-state index contributed by atoms with van der Waals surface area (Å²) >= 11 is 0. The summed E-state index contributed by atoms with van der Waals surface area (Å²) in [5, 5.41) is 19.7. The van der Waals surface area contributed by atoms with Gasteiger partial charge in [-0.2, -0.15) is 9.49 Å². The zero-order chi connectivity index (χ0) is 14.7. The molecule has 0 saturated heterocycles. The van der Waals surface area contributed by atoms with E-state index >= 15 is 0 Å².